The molecular weight excluding hydrogens is 288 g/mol. The molecule has 1 rings (SSSR count). The van der Waals surface area contributed by atoms with E-state index >= 15 is 0 Å². The number of hydrogen-bond donors (Lipinski definition) is 2. The van der Waals surface area contributed by atoms with Crippen LogP contribution in [0.2, 0.25) is 0 Å². The number of nitrogens with two attached hydrogens (primary N) is 1. The van der Waals surface area contributed by atoms with E-state index in [4.69, 9.17) is 5.84 Å². The Morgan fingerprint density at radius 1 is 1.37 bits per heavy atom. The van der Waals surface area contributed by atoms with Crippen molar-refractivity contribution in [3.63, 3.8) is 0 Å². The minimum Gasteiger partial charge on any atom is -0.271 e. The van der Waals surface area contributed by atoms with Crippen molar-refractivity contribution in [1.82, 2.24) is 5.43 Å². The summed E-state index contributed by atoms with van der Waals surface area (Å²) in [6, 6.07) is 1.19. The lowest BCUT2D eigenvalue weighted by Gasteiger charge is -2.17. The maximum absolute atomic E-state index is 13.1. The third-order valence-electron chi connectivity index (χ3n) is 2.37. The largest absolute Gasteiger partial charge is 0.419 e. The van der Waals surface area contributed by atoms with Gasteiger partial charge in [-0.1, -0.05) is 6.07 Å². The van der Waals surface area contributed by atoms with Crippen LogP contribution in [0, 0.1) is 5.82 Å². The molecule has 1 aromatic rings. The monoisotopic (exact) mass is 300 g/mol. The molecule has 0 aliphatic rings. The Labute approximate surface area is 107 Å². The first-order valence-electron chi connectivity index (χ1n) is 5.05. The summed E-state index contributed by atoms with van der Waals surface area (Å²) < 4.78 is 72.9. The number of rotatable bonds is 4. The Hall–Kier alpha value is -1.19. The maximum Gasteiger partial charge on any atom is 0.419 e. The number of hydrazine groups is 1. The number of nitrogens with one attached hydrogen (secondary N) is 1. The summed E-state index contributed by atoms with van der Waals surface area (Å²) in [6.07, 6.45) is -3.93. The van der Waals surface area contributed by atoms with Gasteiger partial charge in [0.25, 0.3) is 0 Å². The summed E-state index contributed by atoms with van der Waals surface area (Å²) in [5.41, 5.74) is 0.591. The normalized spacial score (nSPS) is 14.4. The summed E-state index contributed by atoms with van der Waals surface area (Å²) in [4.78, 5) is 0. The highest BCUT2D eigenvalue weighted by Gasteiger charge is 2.34. The van der Waals surface area contributed by atoms with Crippen LogP contribution in [0.25, 0.3) is 0 Å². The van der Waals surface area contributed by atoms with Crippen molar-refractivity contribution in [1.29, 1.82) is 0 Å². The predicted octanol–water partition coefficient (Wildman–Crippen LogP) is 1.39. The van der Waals surface area contributed by atoms with Gasteiger partial charge in [-0.05, 0) is 17.7 Å². The molecule has 0 aromatic heterocycles. The second-order valence-corrected chi connectivity index (χ2v) is 6.23. The van der Waals surface area contributed by atoms with Gasteiger partial charge < -0.3 is 0 Å². The lowest BCUT2D eigenvalue weighted by Crippen LogP contribution is -2.33. The number of alkyl halides is 3. The van der Waals surface area contributed by atoms with Crippen LogP contribution in [0.3, 0.4) is 0 Å². The Morgan fingerprint density at radius 2 is 1.95 bits per heavy atom. The number of halogens is 4. The first-order valence-corrected chi connectivity index (χ1v) is 7.11. The lowest BCUT2D eigenvalue weighted by molar-refractivity contribution is -0.140. The molecule has 0 radical (unpaired) electrons. The average Bonchev–Trinajstić information content (AvgIpc) is 2.24. The van der Waals surface area contributed by atoms with E-state index in [0.717, 1.165) is 12.3 Å². The molecule has 9 heteroatoms. The highest BCUT2D eigenvalue weighted by molar-refractivity contribution is 7.90. The smallest absolute Gasteiger partial charge is 0.271 e. The third-order valence-corrected chi connectivity index (χ3v) is 3.31. The van der Waals surface area contributed by atoms with Gasteiger partial charge in [0, 0.05) is 6.26 Å². The summed E-state index contributed by atoms with van der Waals surface area (Å²) in [5, 5.41) is 0. The van der Waals surface area contributed by atoms with E-state index in [1.54, 1.807) is 0 Å². The van der Waals surface area contributed by atoms with Gasteiger partial charge in [0.15, 0.2) is 0 Å². The van der Waals surface area contributed by atoms with Gasteiger partial charge in [-0.2, -0.15) is 13.2 Å². The summed E-state index contributed by atoms with van der Waals surface area (Å²) in [7, 11) is -3.46. The van der Waals surface area contributed by atoms with Crippen molar-refractivity contribution >= 4 is 9.84 Å². The maximum atomic E-state index is 13.1. The molecule has 0 bridgehead atoms. The molecule has 0 aliphatic carbocycles. The summed E-state index contributed by atoms with van der Waals surface area (Å²) in [5.74, 6) is 3.20. The summed E-state index contributed by atoms with van der Waals surface area (Å²) in [6.45, 7) is 0. The topological polar surface area (TPSA) is 72.2 Å². The van der Waals surface area contributed by atoms with E-state index in [1.807, 2.05) is 0 Å². The van der Waals surface area contributed by atoms with Gasteiger partial charge in [-0.3, -0.25) is 11.3 Å². The summed E-state index contributed by atoms with van der Waals surface area (Å²) >= 11 is 0. The van der Waals surface area contributed by atoms with Gasteiger partial charge in [-0.25, -0.2) is 12.8 Å². The molecule has 0 amide bonds. The average molecular weight is 300 g/mol. The second kappa shape index (κ2) is 5.43. The quantitative estimate of drug-likeness (QED) is 0.501. The van der Waals surface area contributed by atoms with Crippen LogP contribution in [-0.4, -0.2) is 20.4 Å². The van der Waals surface area contributed by atoms with Crippen LogP contribution in [0.1, 0.15) is 17.2 Å². The highest BCUT2D eigenvalue weighted by Crippen LogP contribution is 2.33. The van der Waals surface area contributed by atoms with Crippen molar-refractivity contribution in [3.05, 3.63) is 35.1 Å². The van der Waals surface area contributed by atoms with E-state index in [1.165, 1.54) is 0 Å². The van der Waals surface area contributed by atoms with E-state index in [9.17, 15) is 26.0 Å². The fraction of sp³-hybridized carbons (Fsp3) is 0.400. The molecule has 1 unspecified atom stereocenters. The number of hydrogen-bond acceptors (Lipinski definition) is 4. The minimum absolute atomic E-state index is 0.0540. The number of sulfone groups is 1. The molecule has 0 saturated heterocycles. The molecule has 19 heavy (non-hydrogen) atoms. The fourth-order valence-electron chi connectivity index (χ4n) is 1.52. The molecule has 0 aliphatic heterocycles. The Kier molecular flexibility index (Phi) is 4.54. The van der Waals surface area contributed by atoms with E-state index < -0.39 is 39.2 Å². The molecule has 0 heterocycles. The van der Waals surface area contributed by atoms with Crippen molar-refractivity contribution in [3.8, 4) is 0 Å². The van der Waals surface area contributed by atoms with Crippen LogP contribution in [0.4, 0.5) is 17.6 Å². The van der Waals surface area contributed by atoms with Gasteiger partial charge in [-0.15, -0.1) is 0 Å². The van der Waals surface area contributed by atoms with Crippen molar-refractivity contribution in [2.45, 2.75) is 12.2 Å². The molecule has 108 valence electrons. The lowest BCUT2D eigenvalue weighted by atomic mass is 10.0. The molecule has 4 nitrogen and oxygen atoms in total. The van der Waals surface area contributed by atoms with Crippen molar-refractivity contribution in [2.24, 2.45) is 5.84 Å². The Balaban J connectivity index is 3.20. The number of benzene rings is 1. The van der Waals surface area contributed by atoms with Gasteiger partial charge >= 0.3 is 6.18 Å². The molecular formula is C10H12F4N2O2S. The zero-order chi connectivity index (χ0) is 14.8. The van der Waals surface area contributed by atoms with Crippen molar-refractivity contribution < 1.29 is 26.0 Å². The van der Waals surface area contributed by atoms with Gasteiger partial charge in [0.1, 0.15) is 15.7 Å². The Morgan fingerprint density at radius 3 is 2.37 bits per heavy atom. The van der Waals surface area contributed by atoms with Gasteiger partial charge in [0.2, 0.25) is 0 Å². The third kappa shape index (κ3) is 4.44. The first kappa shape index (κ1) is 15.9. The molecule has 0 fully saturated rings. The van der Waals surface area contributed by atoms with Crippen LogP contribution < -0.4 is 11.3 Å². The molecule has 3 N–H and O–H groups in total. The predicted molar refractivity (Wildman–Crippen MR) is 61.2 cm³/mol. The van der Waals surface area contributed by atoms with E-state index in [0.29, 0.717) is 12.1 Å². The van der Waals surface area contributed by atoms with Crippen LogP contribution in [-0.2, 0) is 16.0 Å². The molecule has 1 aromatic carbocycles. The van der Waals surface area contributed by atoms with E-state index in [2.05, 4.69) is 5.43 Å². The van der Waals surface area contributed by atoms with Crippen LogP contribution >= 0.6 is 0 Å². The highest BCUT2D eigenvalue weighted by atomic mass is 32.2. The van der Waals surface area contributed by atoms with Gasteiger partial charge in [0.05, 0.1) is 17.4 Å². The fourth-order valence-corrected chi connectivity index (χ4v) is 2.41. The Bertz CT molecular complexity index is 557. The zero-order valence-electron chi connectivity index (χ0n) is 9.83. The van der Waals surface area contributed by atoms with E-state index in [-0.39, 0.29) is 5.56 Å². The van der Waals surface area contributed by atoms with Crippen molar-refractivity contribution in [2.75, 3.05) is 12.0 Å². The minimum atomic E-state index is -4.86. The zero-order valence-corrected chi connectivity index (χ0v) is 10.6. The molecule has 0 saturated carbocycles. The molecule has 0 spiro atoms. The SMILES string of the molecule is CS(=O)(=O)CC(NN)c1ccc(F)c(C(F)(F)F)c1. The second-order valence-electron chi connectivity index (χ2n) is 4.05. The molecule has 1 atom stereocenters. The first-order chi connectivity index (χ1) is 8.54. The van der Waals surface area contributed by atoms with Crippen LogP contribution in [0.15, 0.2) is 18.2 Å². The van der Waals surface area contributed by atoms with Crippen LogP contribution in [0.5, 0.6) is 0 Å². The standard InChI is InChI=1S/C10H12F4N2O2S/c1-19(17,18)5-9(16-15)6-2-3-8(11)7(4-6)10(12,13)14/h2-4,9,16H,5,15H2,1H3.